The number of anilines is 1. The number of carbonyl (C=O) groups is 1. The van der Waals surface area contributed by atoms with Gasteiger partial charge in [-0.1, -0.05) is 29.4 Å². The molecule has 0 aliphatic carbocycles. The maximum absolute atomic E-state index is 12.7. The quantitative estimate of drug-likeness (QED) is 0.728. The molecule has 0 radical (unpaired) electrons. The number of nitrogens with zero attached hydrogens (tertiary/aromatic N) is 2. The molecule has 2 aliphatic heterocycles. The average molecular weight is 433 g/mol. The summed E-state index contributed by atoms with van der Waals surface area (Å²) in [5.74, 6) is 0. The normalized spacial score (nSPS) is 18.4. The second-order valence-electron chi connectivity index (χ2n) is 7.87. The van der Waals surface area contributed by atoms with Crippen LogP contribution in [0.15, 0.2) is 53.7 Å². The second-order valence-corrected chi connectivity index (χ2v) is 7.87. The first kappa shape index (κ1) is 21.2. The molecule has 1 spiro atoms. The molecule has 6 nitrogen and oxygen atoms in total. The summed E-state index contributed by atoms with van der Waals surface area (Å²) in [5.41, 5.74) is 1.71. The van der Waals surface area contributed by atoms with Gasteiger partial charge in [0.1, 0.15) is 5.60 Å². The number of alkyl halides is 3. The SMILES string of the molecule is Cc1cccc(NC(=O)ON2CCC3(CC2)CC(c2ccc(C(F)(F)F)cc2)=NO3)c1. The largest absolute Gasteiger partial charge is 0.430 e. The van der Waals surface area contributed by atoms with E-state index < -0.39 is 23.4 Å². The molecule has 0 saturated carbocycles. The van der Waals surface area contributed by atoms with E-state index in [1.807, 2.05) is 25.1 Å². The molecule has 1 saturated heterocycles. The number of nitrogens with one attached hydrogen (secondary N) is 1. The molecule has 1 N–H and O–H groups in total. The van der Waals surface area contributed by atoms with Crippen molar-refractivity contribution in [2.45, 2.75) is 38.0 Å². The Balaban J connectivity index is 1.28. The summed E-state index contributed by atoms with van der Waals surface area (Å²) in [6.07, 6.45) is -3.26. The van der Waals surface area contributed by atoms with E-state index in [4.69, 9.17) is 9.68 Å². The predicted molar refractivity (Wildman–Crippen MR) is 109 cm³/mol. The van der Waals surface area contributed by atoms with E-state index in [1.54, 1.807) is 11.1 Å². The Morgan fingerprint density at radius 1 is 1.16 bits per heavy atom. The minimum absolute atomic E-state index is 0.469. The van der Waals surface area contributed by atoms with Crippen LogP contribution in [-0.2, 0) is 15.9 Å². The zero-order chi connectivity index (χ0) is 22.1. The summed E-state index contributed by atoms with van der Waals surface area (Å²) in [6, 6.07) is 12.3. The molecule has 9 heteroatoms. The van der Waals surface area contributed by atoms with Gasteiger partial charge in [0.05, 0.1) is 11.3 Å². The molecule has 2 aliphatic rings. The Labute approximate surface area is 177 Å². The third-order valence-electron chi connectivity index (χ3n) is 5.49. The average Bonchev–Trinajstić information content (AvgIpc) is 3.13. The highest BCUT2D eigenvalue weighted by atomic mass is 19.4. The Hall–Kier alpha value is -3.07. The van der Waals surface area contributed by atoms with Crippen LogP contribution in [0.5, 0.6) is 0 Å². The lowest BCUT2D eigenvalue weighted by Crippen LogP contribution is -2.45. The Kier molecular flexibility index (Phi) is 5.62. The second kappa shape index (κ2) is 8.22. The summed E-state index contributed by atoms with van der Waals surface area (Å²) in [7, 11) is 0. The van der Waals surface area contributed by atoms with Crippen LogP contribution in [-0.4, -0.2) is 35.6 Å². The number of piperidine rings is 1. The fourth-order valence-electron chi connectivity index (χ4n) is 3.76. The monoisotopic (exact) mass is 433 g/mol. The molecule has 2 heterocycles. The molecule has 1 fully saturated rings. The van der Waals surface area contributed by atoms with Gasteiger partial charge in [0, 0.05) is 38.0 Å². The van der Waals surface area contributed by atoms with Crippen LogP contribution in [0.1, 0.15) is 36.0 Å². The molecule has 0 atom stereocenters. The molecular weight excluding hydrogens is 411 g/mol. The summed E-state index contributed by atoms with van der Waals surface area (Å²) in [5, 5.41) is 8.40. The van der Waals surface area contributed by atoms with Gasteiger partial charge in [0.2, 0.25) is 0 Å². The van der Waals surface area contributed by atoms with Crippen molar-refractivity contribution in [2.75, 3.05) is 18.4 Å². The van der Waals surface area contributed by atoms with Crippen LogP contribution in [0.4, 0.5) is 23.7 Å². The van der Waals surface area contributed by atoms with Crippen molar-refractivity contribution in [3.63, 3.8) is 0 Å². The lowest BCUT2D eigenvalue weighted by atomic mass is 9.86. The van der Waals surface area contributed by atoms with Crippen LogP contribution >= 0.6 is 0 Å². The van der Waals surface area contributed by atoms with E-state index in [0.717, 1.165) is 17.7 Å². The van der Waals surface area contributed by atoms with E-state index in [9.17, 15) is 18.0 Å². The van der Waals surface area contributed by atoms with Gasteiger partial charge in [-0.05, 0) is 42.3 Å². The van der Waals surface area contributed by atoms with Crippen LogP contribution in [0.2, 0.25) is 0 Å². The topological polar surface area (TPSA) is 63.2 Å². The molecule has 2 aromatic rings. The minimum atomic E-state index is -4.37. The van der Waals surface area contributed by atoms with Crippen LogP contribution in [0.3, 0.4) is 0 Å². The van der Waals surface area contributed by atoms with Gasteiger partial charge in [-0.3, -0.25) is 5.32 Å². The van der Waals surface area contributed by atoms with Crippen molar-refractivity contribution < 1.29 is 27.6 Å². The fraction of sp³-hybridized carbons (Fsp3) is 0.364. The van der Waals surface area contributed by atoms with Crippen molar-refractivity contribution in [1.82, 2.24) is 5.06 Å². The number of amides is 1. The Bertz CT molecular complexity index is 981. The van der Waals surface area contributed by atoms with Gasteiger partial charge in [0.15, 0.2) is 0 Å². The fourth-order valence-corrected chi connectivity index (χ4v) is 3.76. The number of benzene rings is 2. The highest BCUT2D eigenvalue weighted by Crippen LogP contribution is 2.37. The van der Waals surface area contributed by atoms with Crippen molar-refractivity contribution in [3.05, 3.63) is 65.2 Å². The first-order chi connectivity index (χ1) is 14.7. The molecule has 4 rings (SSSR count). The summed E-state index contributed by atoms with van der Waals surface area (Å²) in [4.78, 5) is 23.2. The highest BCUT2D eigenvalue weighted by molar-refractivity contribution is 6.01. The number of halogens is 3. The number of hydrogen-bond acceptors (Lipinski definition) is 5. The number of hydroxylamine groups is 2. The third kappa shape index (κ3) is 4.99. The van der Waals surface area contributed by atoms with Crippen LogP contribution < -0.4 is 5.32 Å². The van der Waals surface area contributed by atoms with E-state index in [0.29, 0.717) is 49.3 Å². The van der Waals surface area contributed by atoms with E-state index in [1.165, 1.54) is 12.1 Å². The minimum Gasteiger partial charge on any atom is -0.388 e. The number of oxime groups is 1. The zero-order valence-corrected chi connectivity index (χ0v) is 16.9. The lowest BCUT2D eigenvalue weighted by Gasteiger charge is -2.35. The van der Waals surface area contributed by atoms with Gasteiger partial charge in [-0.15, -0.1) is 5.06 Å². The third-order valence-corrected chi connectivity index (χ3v) is 5.49. The number of aryl methyl sites for hydroxylation is 1. The Morgan fingerprint density at radius 3 is 2.52 bits per heavy atom. The van der Waals surface area contributed by atoms with Crippen LogP contribution in [0, 0.1) is 6.92 Å². The smallest absolute Gasteiger partial charge is 0.388 e. The van der Waals surface area contributed by atoms with Gasteiger partial charge < -0.3 is 9.68 Å². The summed E-state index contributed by atoms with van der Waals surface area (Å²) in [6.45, 7) is 2.87. The number of rotatable bonds is 3. The zero-order valence-electron chi connectivity index (χ0n) is 16.9. The molecule has 0 bridgehead atoms. The van der Waals surface area contributed by atoms with Crippen molar-refractivity contribution in [1.29, 1.82) is 0 Å². The molecule has 0 unspecified atom stereocenters. The highest BCUT2D eigenvalue weighted by Gasteiger charge is 2.43. The van der Waals surface area contributed by atoms with Gasteiger partial charge in [-0.25, -0.2) is 4.79 Å². The van der Waals surface area contributed by atoms with Gasteiger partial charge >= 0.3 is 12.3 Å². The maximum Gasteiger partial charge on any atom is 0.430 e. The Morgan fingerprint density at radius 2 is 1.87 bits per heavy atom. The summed E-state index contributed by atoms with van der Waals surface area (Å²) < 4.78 is 38.2. The first-order valence-corrected chi connectivity index (χ1v) is 9.96. The summed E-state index contributed by atoms with van der Waals surface area (Å²) >= 11 is 0. The lowest BCUT2D eigenvalue weighted by molar-refractivity contribution is -0.154. The van der Waals surface area contributed by atoms with Crippen molar-refractivity contribution in [2.24, 2.45) is 5.16 Å². The molecule has 164 valence electrons. The van der Waals surface area contributed by atoms with Gasteiger partial charge in [-0.2, -0.15) is 13.2 Å². The first-order valence-electron chi connectivity index (χ1n) is 9.96. The molecule has 1 amide bonds. The predicted octanol–water partition coefficient (Wildman–Crippen LogP) is 5.14. The van der Waals surface area contributed by atoms with E-state index in [2.05, 4.69) is 10.5 Å². The maximum atomic E-state index is 12.7. The number of carbonyl (C=O) groups excluding carboxylic acids is 1. The standard InChI is InChI=1S/C22H22F3N3O3/c1-15-3-2-4-18(13-15)26-20(29)30-28-11-9-21(10-12-28)14-19(27-31-21)16-5-7-17(8-6-16)22(23,24)25/h2-8,13H,9-12,14H2,1H3,(H,26,29). The van der Waals surface area contributed by atoms with Crippen LogP contribution in [0.25, 0.3) is 0 Å². The molecule has 0 aromatic heterocycles. The van der Waals surface area contributed by atoms with E-state index in [-0.39, 0.29) is 0 Å². The van der Waals surface area contributed by atoms with Crippen molar-refractivity contribution >= 4 is 17.5 Å². The molecule has 31 heavy (non-hydrogen) atoms. The van der Waals surface area contributed by atoms with E-state index >= 15 is 0 Å². The number of hydrogen-bond donors (Lipinski definition) is 1. The van der Waals surface area contributed by atoms with Gasteiger partial charge in [0.25, 0.3) is 0 Å². The molecular formula is C22H22F3N3O3. The van der Waals surface area contributed by atoms with Crippen molar-refractivity contribution in [3.8, 4) is 0 Å². The molecule has 2 aromatic carbocycles.